The molecule has 2 heterocycles. The highest BCUT2D eigenvalue weighted by molar-refractivity contribution is 5.87. The van der Waals surface area contributed by atoms with E-state index in [-0.39, 0.29) is 0 Å². The summed E-state index contributed by atoms with van der Waals surface area (Å²) in [6, 6.07) is 4.89. The molecular weight excluding hydrogens is 260 g/mol. The van der Waals surface area contributed by atoms with E-state index in [4.69, 9.17) is 13.9 Å². The summed E-state index contributed by atoms with van der Waals surface area (Å²) in [4.78, 5) is 11.4. The van der Waals surface area contributed by atoms with Crippen molar-refractivity contribution in [1.29, 1.82) is 0 Å². The normalized spacial score (nSPS) is 20.3. The lowest BCUT2D eigenvalue weighted by atomic mass is 9.90. The van der Waals surface area contributed by atoms with Crippen LogP contribution in [0.3, 0.4) is 0 Å². The zero-order chi connectivity index (χ0) is 14.5. The Bertz CT molecular complexity index is 729. The molecule has 20 heavy (non-hydrogen) atoms. The van der Waals surface area contributed by atoms with Gasteiger partial charge in [0.05, 0.1) is 13.2 Å². The molecule has 1 aliphatic heterocycles. The van der Waals surface area contributed by atoms with Crippen molar-refractivity contribution in [3.63, 3.8) is 0 Å². The van der Waals surface area contributed by atoms with Crippen LogP contribution in [0.25, 0.3) is 11.0 Å². The first kappa shape index (κ1) is 13.0. The Kier molecular flexibility index (Phi) is 2.76. The predicted octanol–water partition coefficient (Wildman–Crippen LogP) is 1.88. The van der Waals surface area contributed by atoms with Crippen molar-refractivity contribution in [3.05, 3.63) is 34.2 Å². The molecule has 5 nitrogen and oxygen atoms in total. The van der Waals surface area contributed by atoms with Crippen molar-refractivity contribution in [3.8, 4) is 11.5 Å². The monoisotopic (exact) mass is 276 g/mol. The Hall–Kier alpha value is -2.01. The van der Waals surface area contributed by atoms with Gasteiger partial charge in [0.25, 0.3) is 0 Å². The minimum Gasteiger partial charge on any atom is -0.490 e. The van der Waals surface area contributed by atoms with Gasteiger partial charge in [-0.1, -0.05) is 0 Å². The number of hydrogen-bond donors (Lipinski definition) is 1. The van der Waals surface area contributed by atoms with Gasteiger partial charge in [0, 0.05) is 23.4 Å². The minimum atomic E-state index is -0.719. The average Bonchev–Trinajstić information content (AvgIpc) is 2.38. The third kappa shape index (κ3) is 1.86. The maximum atomic E-state index is 11.4. The second-order valence-corrected chi connectivity index (χ2v) is 5.50. The standard InChI is InChI=1S/C15H16O5/c1-15(2)10(16)7-9-6-8-4-5-11(17)19-12(8)14(18-3)13(9)20-15/h4-6,10,16H,7H2,1-3H3. The summed E-state index contributed by atoms with van der Waals surface area (Å²) in [5.74, 6) is 0.930. The zero-order valence-electron chi connectivity index (χ0n) is 11.6. The molecule has 0 radical (unpaired) electrons. The predicted molar refractivity (Wildman–Crippen MR) is 73.5 cm³/mol. The molecular formula is C15H16O5. The minimum absolute atomic E-state index is 0.367. The van der Waals surface area contributed by atoms with Gasteiger partial charge in [0.1, 0.15) is 5.60 Å². The largest absolute Gasteiger partial charge is 0.490 e. The van der Waals surface area contributed by atoms with Gasteiger partial charge in [-0.2, -0.15) is 0 Å². The van der Waals surface area contributed by atoms with E-state index in [1.54, 1.807) is 6.07 Å². The third-order valence-electron chi connectivity index (χ3n) is 3.68. The highest BCUT2D eigenvalue weighted by Gasteiger charge is 2.38. The number of benzene rings is 1. The summed E-state index contributed by atoms with van der Waals surface area (Å²) in [5.41, 5.74) is 0.0510. The lowest BCUT2D eigenvalue weighted by molar-refractivity contribution is -0.0424. The van der Waals surface area contributed by atoms with Gasteiger partial charge < -0.3 is 19.0 Å². The van der Waals surface area contributed by atoms with Crippen LogP contribution in [0, 0.1) is 0 Å². The summed E-state index contributed by atoms with van der Waals surface area (Å²) in [6.45, 7) is 3.62. The molecule has 1 aliphatic rings. The van der Waals surface area contributed by atoms with E-state index in [1.807, 2.05) is 19.9 Å². The highest BCUT2D eigenvalue weighted by atomic mass is 16.5. The van der Waals surface area contributed by atoms with Crippen LogP contribution in [0.2, 0.25) is 0 Å². The van der Waals surface area contributed by atoms with Crippen LogP contribution in [0.5, 0.6) is 11.5 Å². The summed E-state index contributed by atoms with van der Waals surface area (Å²) in [7, 11) is 1.50. The molecule has 3 rings (SSSR count). The van der Waals surface area contributed by atoms with E-state index < -0.39 is 17.3 Å². The molecule has 106 valence electrons. The fraction of sp³-hybridized carbons (Fsp3) is 0.400. The maximum absolute atomic E-state index is 11.4. The van der Waals surface area contributed by atoms with Crippen LogP contribution < -0.4 is 15.1 Å². The molecule has 1 N–H and O–H groups in total. The van der Waals surface area contributed by atoms with Crippen molar-refractivity contribution in [1.82, 2.24) is 0 Å². The van der Waals surface area contributed by atoms with E-state index in [1.165, 1.54) is 13.2 Å². The van der Waals surface area contributed by atoms with Gasteiger partial charge in [0.15, 0.2) is 11.3 Å². The van der Waals surface area contributed by atoms with E-state index in [9.17, 15) is 9.90 Å². The van der Waals surface area contributed by atoms with Gasteiger partial charge in [0.2, 0.25) is 5.75 Å². The molecule has 0 aliphatic carbocycles. The third-order valence-corrected chi connectivity index (χ3v) is 3.68. The van der Waals surface area contributed by atoms with E-state index in [0.29, 0.717) is 23.5 Å². The van der Waals surface area contributed by atoms with Crippen LogP contribution in [-0.2, 0) is 6.42 Å². The molecule has 0 saturated heterocycles. The molecule has 0 bridgehead atoms. The summed E-state index contributed by atoms with van der Waals surface area (Å²) in [6.07, 6.45) is -0.138. The fourth-order valence-corrected chi connectivity index (χ4v) is 2.45. The number of aliphatic hydroxyl groups is 1. The first-order valence-electron chi connectivity index (χ1n) is 6.43. The fourth-order valence-electron chi connectivity index (χ4n) is 2.45. The molecule has 0 saturated carbocycles. The van der Waals surface area contributed by atoms with Gasteiger partial charge in [-0.3, -0.25) is 0 Å². The van der Waals surface area contributed by atoms with Crippen molar-refractivity contribution in [2.75, 3.05) is 7.11 Å². The van der Waals surface area contributed by atoms with Gasteiger partial charge in [-0.25, -0.2) is 4.79 Å². The van der Waals surface area contributed by atoms with Crippen LogP contribution in [0.15, 0.2) is 27.4 Å². The molecule has 2 aromatic rings. The Morgan fingerprint density at radius 3 is 2.85 bits per heavy atom. The first-order valence-corrected chi connectivity index (χ1v) is 6.43. The molecule has 0 spiro atoms. The Morgan fingerprint density at radius 1 is 1.40 bits per heavy atom. The Balaban J connectivity index is 2.32. The Labute approximate surface area is 115 Å². The molecule has 1 aromatic carbocycles. The number of rotatable bonds is 1. The average molecular weight is 276 g/mol. The summed E-state index contributed by atoms with van der Waals surface area (Å²) in [5, 5.41) is 10.9. The number of aliphatic hydroxyl groups excluding tert-OH is 1. The van der Waals surface area contributed by atoms with Crippen molar-refractivity contribution >= 4 is 11.0 Å². The van der Waals surface area contributed by atoms with Crippen LogP contribution >= 0.6 is 0 Å². The van der Waals surface area contributed by atoms with Gasteiger partial charge in [-0.15, -0.1) is 0 Å². The maximum Gasteiger partial charge on any atom is 0.336 e. The first-order chi connectivity index (χ1) is 9.42. The van der Waals surface area contributed by atoms with E-state index in [0.717, 1.165) is 10.9 Å². The number of methoxy groups -OCH3 is 1. The van der Waals surface area contributed by atoms with E-state index >= 15 is 0 Å². The van der Waals surface area contributed by atoms with Crippen LogP contribution in [0.1, 0.15) is 19.4 Å². The molecule has 1 unspecified atom stereocenters. The SMILES string of the molecule is COc1c2c(cc3ccc(=O)oc13)CC(O)C(C)(C)O2. The molecule has 1 aromatic heterocycles. The Morgan fingerprint density at radius 2 is 2.15 bits per heavy atom. The molecule has 1 atom stereocenters. The smallest absolute Gasteiger partial charge is 0.336 e. The van der Waals surface area contributed by atoms with Gasteiger partial charge in [-0.05, 0) is 26.0 Å². The highest BCUT2D eigenvalue weighted by Crippen LogP contribution is 2.44. The van der Waals surface area contributed by atoms with Crippen LogP contribution in [0.4, 0.5) is 0 Å². The molecule has 0 amide bonds. The molecule has 5 heteroatoms. The zero-order valence-corrected chi connectivity index (χ0v) is 11.6. The number of hydrogen-bond acceptors (Lipinski definition) is 5. The topological polar surface area (TPSA) is 68.9 Å². The van der Waals surface area contributed by atoms with Crippen molar-refractivity contribution in [2.45, 2.75) is 32.0 Å². The van der Waals surface area contributed by atoms with Crippen molar-refractivity contribution in [2.24, 2.45) is 0 Å². The number of ether oxygens (including phenoxy) is 2. The van der Waals surface area contributed by atoms with E-state index in [2.05, 4.69) is 0 Å². The second-order valence-electron chi connectivity index (χ2n) is 5.50. The number of fused-ring (bicyclic) bond motifs is 2. The van der Waals surface area contributed by atoms with Crippen molar-refractivity contribution < 1.29 is 19.0 Å². The quantitative estimate of drug-likeness (QED) is 0.805. The lowest BCUT2D eigenvalue weighted by Gasteiger charge is -2.37. The van der Waals surface area contributed by atoms with Gasteiger partial charge >= 0.3 is 5.63 Å². The summed E-state index contributed by atoms with van der Waals surface area (Å²) >= 11 is 0. The second kappa shape index (κ2) is 4.24. The van der Waals surface area contributed by atoms with Crippen LogP contribution in [-0.4, -0.2) is 23.9 Å². The molecule has 0 fully saturated rings. The lowest BCUT2D eigenvalue weighted by Crippen LogP contribution is -2.46. The summed E-state index contributed by atoms with van der Waals surface area (Å²) < 4.78 is 16.5.